The van der Waals surface area contributed by atoms with Crippen LogP contribution in [0.1, 0.15) is 16.2 Å². The van der Waals surface area contributed by atoms with Gasteiger partial charge in [0.25, 0.3) is 5.91 Å². The molecule has 0 saturated carbocycles. The van der Waals surface area contributed by atoms with Gasteiger partial charge in [-0.2, -0.15) is 10.1 Å². The lowest BCUT2D eigenvalue weighted by atomic mass is 10.3. The maximum absolute atomic E-state index is 11.8. The van der Waals surface area contributed by atoms with Crippen LogP contribution in [0, 0.1) is 0 Å². The van der Waals surface area contributed by atoms with Gasteiger partial charge in [0.15, 0.2) is 0 Å². The molecule has 0 atom stereocenters. The monoisotopic (exact) mass is 221 g/mol. The van der Waals surface area contributed by atoms with E-state index in [1.807, 2.05) is 0 Å². The van der Waals surface area contributed by atoms with E-state index < -0.39 is 0 Å². The fourth-order valence-electron chi connectivity index (χ4n) is 1.26. The molecule has 0 saturated heterocycles. The van der Waals surface area contributed by atoms with E-state index in [1.54, 1.807) is 19.4 Å². The predicted molar refractivity (Wildman–Crippen MR) is 55.2 cm³/mol. The van der Waals surface area contributed by atoms with Gasteiger partial charge < -0.3 is 10.6 Å². The second-order valence-electron chi connectivity index (χ2n) is 3.31. The summed E-state index contributed by atoms with van der Waals surface area (Å²) in [6.07, 6.45) is 3.37. The summed E-state index contributed by atoms with van der Waals surface area (Å²) < 4.78 is 0. The third-order valence-electron chi connectivity index (χ3n) is 2.03. The molecule has 8 heteroatoms. The molecule has 2 heterocycles. The molecule has 4 N–H and O–H groups in total. The normalized spacial score (nSPS) is 10.3. The van der Waals surface area contributed by atoms with Crippen molar-refractivity contribution < 1.29 is 4.79 Å². The van der Waals surface area contributed by atoms with Crippen molar-refractivity contribution in [1.29, 1.82) is 0 Å². The van der Waals surface area contributed by atoms with Crippen LogP contribution < -0.4 is 5.73 Å². The summed E-state index contributed by atoms with van der Waals surface area (Å²) in [6, 6.07) is 0. The number of aromatic nitrogens is 5. The molecule has 2 rings (SSSR count). The molecular formula is C8H11N7O. The van der Waals surface area contributed by atoms with E-state index in [1.165, 1.54) is 4.90 Å². The number of amides is 1. The number of anilines is 1. The Bertz CT molecular complexity index is 474. The first kappa shape index (κ1) is 10.1. The molecule has 1 amide bonds. The van der Waals surface area contributed by atoms with E-state index in [0.29, 0.717) is 6.54 Å². The van der Waals surface area contributed by atoms with Crippen LogP contribution in [0.5, 0.6) is 0 Å². The Morgan fingerprint density at radius 3 is 3.00 bits per heavy atom. The van der Waals surface area contributed by atoms with Crippen LogP contribution in [-0.2, 0) is 6.54 Å². The lowest BCUT2D eigenvalue weighted by molar-refractivity contribution is 0.0773. The summed E-state index contributed by atoms with van der Waals surface area (Å²) >= 11 is 0. The summed E-state index contributed by atoms with van der Waals surface area (Å²) in [7, 11) is 1.66. The van der Waals surface area contributed by atoms with E-state index in [2.05, 4.69) is 25.4 Å². The number of hydrogen-bond acceptors (Lipinski definition) is 5. The number of carbonyl (C=O) groups is 1. The molecule has 8 nitrogen and oxygen atoms in total. The summed E-state index contributed by atoms with van der Waals surface area (Å²) in [5.74, 6) is -0.0889. The second kappa shape index (κ2) is 4.01. The summed E-state index contributed by atoms with van der Waals surface area (Å²) in [4.78, 5) is 17.0. The molecule has 0 aliphatic rings. The van der Waals surface area contributed by atoms with Crippen LogP contribution in [-0.4, -0.2) is 43.2 Å². The lowest BCUT2D eigenvalue weighted by Crippen LogP contribution is -2.27. The van der Waals surface area contributed by atoms with Gasteiger partial charge in [-0.3, -0.25) is 15.0 Å². The van der Waals surface area contributed by atoms with Crippen LogP contribution in [0.2, 0.25) is 0 Å². The number of hydrogen-bond donors (Lipinski definition) is 3. The van der Waals surface area contributed by atoms with Gasteiger partial charge in [-0.05, 0) is 0 Å². The van der Waals surface area contributed by atoms with Gasteiger partial charge in [0, 0.05) is 25.4 Å². The average molecular weight is 221 g/mol. The fourth-order valence-corrected chi connectivity index (χ4v) is 1.26. The molecule has 0 radical (unpaired) electrons. The Labute approximate surface area is 90.9 Å². The zero-order valence-electron chi connectivity index (χ0n) is 8.64. The maximum atomic E-state index is 11.8. The third-order valence-corrected chi connectivity index (χ3v) is 2.03. The highest BCUT2D eigenvalue weighted by atomic mass is 16.2. The van der Waals surface area contributed by atoms with Crippen molar-refractivity contribution in [2.75, 3.05) is 12.8 Å². The Balaban J connectivity index is 2.05. The molecule has 2 aromatic heterocycles. The zero-order chi connectivity index (χ0) is 11.5. The molecule has 0 bridgehead atoms. The van der Waals surface area contributed by atoms with E-state index in [4.69, 9.17) is 5.73 Å². The topological polar surface area (TPSA) is 117 Å². The summed E-state index contributed by atoms with van der Waals surface area (Å²) in [5, 5.41) is 12.5. The number of carbonyl (C=O) groups excluding carboxylic acids is 1. The first-order valence-electron chi connectivity index (χ1n) is 4.58. The standard InChI is InChI=1S/C8H11N7O/c1-15(4-5-2-10-11-3-5)7(16)6-12-8(9)14-13-6/h2-3H,4H2,1H3,(H,10,11)(H3,9,12,13,14). The highest BCUT2D eigenvalue weighted by Gasteiger charge is 2.16. The smallest absolute Gasteiger partial charge is 0.291 e. The molecule has 0 aromatic carbocycles. The van der Waals surface area contributed by atoms with Crippen LogP contribution >= 0.6 is 0 Å². The van der Waals surface area contributed by atoms with Crippen molar-refractivity contribution >= 4 is 11.9 Å². The van der Waals surface area contributed by atoms with Gasteiger partial charge in [0.2, 0.25) is 11.8 Å². The van der Waals surface area contributed by atoms with Crippen molar-refractivity contribution in [1.82, 2.24) is 30.3 Å². The van der Waals surface area contributed by atoms with E-state index in [0.717, 1.165) is 5.56 Å². The number of H-pyrrole nitrogens is 2. The van der Waals surface area contributed by atoms with E-state index >= 15 is 0 Å². The molecule has 0 fully saturated rings. The van der Waals surface area contributed by atoms with Gasteiger partial charge in [-0.15, -0.1) is 5.10 Å². The molecule has 84 valence electrons. The van der Waals surface area contributed by atoms with Crippen LogP contribution in [0.25, 0.3) is 0 Å². The number of aromatic amines is 2. The number of nitrogens with zero attached hydrogens (tertiary/aromatic N) is 4. The first-order valence-corrected chi connectivity index (χ1v) is 4.58. The molecule has 2 aromatic rings. The van der Waals surface area contributed by atoms with Crippen LogP contribution in [0.15, 0.2) is 12.4 Å². The summed E-state index contributed by atoms with van der Waals surface area (Å²) in [6.45, 7) is 0.440. The molecule has 16 heavy (non-hydrogen) atoms. The van der Waals surface area contributed by atoms with Crippen LogP contribution in [0.3, 0.4) is 0 Å². The number of nitrogens with two attached hydrogens (primary N) is 1. The van der Waals surface area contributed by atoms with Crippen molar-refractivity contribution in [3.63, 3.8) is 0 Å². The van der Waals surface area contributed by atoms with Gasteiger partial charge in [0.1, 0.15) is 0 Å². The van der Waals surface area contributed by atoms with Crippen molar-refractivity contribution in [2.24, 2.45) is 0 Å². The van der Waals surface area contributed by atoms with Gasteiger partial charge in [-0.25, -0.2) is 0 Å². The number of nitrogen functional groups attached to an aromatic ring is 1. The largest absolute Gasteiger partial charge is 0.366 e. The first-order chi connectivity index (χ1) is 7.66. The Morgan fingerprint density at radius 1 is 1.62 bits per heavy atom. The van der Waals surface area contributed by atoms with Crippen molar-refractivity contribution in [3.8, 4) is 0 Å². The third kappa shape index (κ3) is 2.00. The highest BCUT2D eigenvalue weighted by Crippen LogP contribution is 2.04. The minimum atomic E-state index is -0.273. The summed E-state index contributed by atoms with van der Waals surface area (Å²) in [5.41, 5.74) is 6.22. The maximum Gasteiger partial charge on any atom is 0.291 e. The molecule has 0 aliphatic heterocycles. The van der Waals surface area contributed by atoms with E-state index in [-0.39, 0.29) is 17.7 Å². The quantitative estimate of drug-likeness (QED) is 0.638. The Morgan fingerprint density at radius 2 is 2.44 bits per heavy atom. The predicted octanol–water partition coefficient (Wildman–Crippen LogP) is -0.618. The van der Waals surface area contributed by atoms with Crippen molar-refractivity contribution in [3.05, 3.63) is 23.8 Å². The van der Waals surface area contributed by atoms with Gasteiger partial charge >= 0.3 is 0 Å². The molecule has 0 unspecified atom stereocenters. The highest BCUT2D eigenvalue weighted by molar-refractivity contribution is 5.90. The SMILES string of the molecule is CN(Cc1cn[nH]c1)C(=O)c1nc(N)n[nH]1. The minimum absolute atomic E-state index is 0.0556. The number of nitrogens with one attached hydrogen (secondary N) is 2. The lowest BCUT2D eigenvalue weighted by Gasteiger charge is -2.13. The fraction of sp³-hybridized carbons (Fsp3) is 0.250. The Kier molecular flexibility index (Phi) is 2.54. The Hall–Kier alpha value is -2.38. The zero-order valence-corrected chi connectivity index (χ0v) is 8.64. The van der Waals surface area contributed by atoms with Crippen molar-refractivity contribution in [2.45, 2.75) is 6.54 Å². The second-order valence-corrected chi connectivity index (χ2v) is 3.31. The van der Waals surface area contributed by atoms with Gasteiger partial charge in [-0.1, -0.05) is 0 Å². The number of rotatable bonds is 3. The average Bonchev–Trinajstić information content (AvgIpc) is 2.88. The molecule has 0 spiro atoms. The molecular weight excluding hydrogens is 210 g/mol. The van der Waals surface area contributed by atoms with E-state index in [9.17, 15) is 4.79 Å². The van der Waals surface area contributed by atoms with Gasteiger partial charge in [0.05, 0.1) is 6.20 Å². The van der Waals surface area contributed by atoms with Crippen LogP contribution in [0.4, 0.5) is 5.95 Å². The molecule has 0 aliphatic carbocycles. The minimum Gasteiger partial charge on any atom is -0.366 e.